The maximum atomic E-state index is 6.10. The molecule has 2 aromatic rings. The van der Waals surface area contributed by atoms with Crippen LogP contribution >= 0.6 is 22.9 Å². The Morgan fingerprint density at radius 3 is 2.48 bits per heavy atom. The second-order valence-corrected chi connectivity index (χ2v) is 8.52. The molecule has 136 valence electrons. The van der Waals surface area contributed by atoms with Crippen LogP contribution in [0.1, 0.15) is 28.7 Å². The van der Waals surface area contributed by atoms with Gasteiger partial charge in [-0.2, -0.15) is 0 Å². The van der Waals surface area contributed by atoms with Crippen molar-refractivity contribution in [3.05, 3.63) is 64.7 Å². The van der Waals surface area contributed by atoms with Crippen molar-refractivity contribution in [2.24, 2.45) is 0 Å². The van der Waals surface area contributed by atoms with Gasteiger partial charge in [0.05, 0.1) is 6.61 Å². The summed E-state index contributed by atoms with van der Waals surface area (Å²) in [7, 11) is 6.28. The van der Waals surface area contributed by atoms with Crippen molar-refractivity contribution in [3.8, 4) is 5.75 Å². The lowest BCUT2D eigenvalue weighted by Crippen LogP contribution is -2.15. The fraction of sp³-hybridized carbons (Fsp3) is 0.429. The van der Waals surface area contributed by atoms with Gasteiger partial charge in [0.25, 0.3) is 0 Å². The highest BCUT2D eigenvalue weighted by molar-refractivity contribution is 14.1. The van der Waals surface area contributed by atoms with Crippen LogP contribution in [0.4, 0.5) is 0 Å². The summed E-state index contributed by atoms with van der Waals surface area (Å²) in [4.78, 5) is 2.19. The van der Waals surface area contributed by atoms with E-state index in [2.05, 4.69) is 101 Å². The van der Waals surface area contributed by atoms with Crippen molar-refractivity contribution in [2.75, 3.05) is 34.3 Å². The number of nitrogens with zero attached hydrogens (tertiary/aromatic N) is 2. The zero-order valence-electron chi connectivity index (χ0n) is 15.8. The van der Waals surface area contributed by atoms with E-state index in [0.717, 1.165) is 38.3 Å². The highest BCUT2D eigenvalue weighted by atomic mass is 127. The number of halogens is 1. The van der Waals surface area contributed by atoms with Crippen molar-refractivity contribution >= 4 is 22.9 Å². The van der Waals surface area contributed by atoms with Crippen molar-refractivity contribution in [1.29, 1.82) is 0 Å². The van der Waals surface area contributed by atoms with Gasteiger partial charge in [-0.05, 0) is 62.8 Å². The number of aryl methyl sites for hydroxylation is 1. The van der Waals surface area contributed by atoms with Gasteiger partial charge in [-0.15, -0.1) is 0 Å². The van der Waals surface area contributed by atoms with E-state index in [4.69, 9.17) is 4.74 Å². The first-order valence-electron chi connectivity index (χ1n) is 8.76. The summed E-state index contributed by atoms with van der Waals surface area (Å²) in [5.41, 5.74) is 5.18. The van der Waals surface area contributed by atoms with Gasteiger partial charge >= 0.3 is 0 Å². The third kappa shape index (κ3) is 7.34. The molecule has 4 heteroatoms. The molecule has 0 aliphatic heterocycles. The van der Waals surface area contributed by atoms with Gasteiger partial charge in [0.2, 0.25) is 0 Å². The number of benzene rings is 2. The summed E-state index contributed by atoms with van der Waals surface area (Å²) in [6.07, 6.45) is 1.94. The maximum absolute atomic E-state index is 6.10. The molecule has 0 aliphatic carbocycles. The number of hydrogen-bond acceptors (Lipinski definition) is 3. The van der Waals surface area contributed by atoms with E-state index in [1.54, 1.807) is 0 Å². The smallest absolute Gasteiger partial charge is 0.123 e. The average Bonchev–Trinajstić information content (AvgIpc) is 2.53. The summed E-state index contributed by atoms with van der Waals surface area (Å²) in [5.74, 6) is 1.02. The Hall–Kier alpha value is -1.11. The standard InChI is InChI=1S/C21H29IN2O/c1-17-9-10-20(21(13-17)25-12-6-11-23(2)3)15-18-7-5-8-19(14-18)16-24(4)22/h5,7-10,13-14H,6,11-12,15-16H2,1-4H3. The zero-order chi connectivity index (χ0) is 18.2. The molecule has 0 fully saturated rings. The lowest BCUT2D eigenvalue weighted by Gasteiger charge is -2.15. The molecule has 0 aliphatic rings. The minimum absolute atomic E-state index is 0.758. The van der Waals surface area contributed by atoms with Crippen LogP contribution in [0.5, 0.6) is 5.75 Å². The van der Waals surface area contributed by atoms with E-state index in [-0.39, 0.29) is 0 Å². The molecule has 2 aromatic carbocycles. The zero-order valence-corrected chi connectivity index (χ0v) is 17.9. The number of hydrogen-bond donors (Lipinski definition) is 0. The second-order valence-electron chi connectivity index (χ2n) is 6.88. The van der Waals surface area contributed by atoms with Crippen LogP contribution in [0.15, 0.2) is 42.5 Å². The van der Waals surface area contributed by atoms with E-state index in [1.807, 2.05) is 0 Å². The van der Waals surface area contributed by atoms with Gasteiger partial charge < -0.3 is 9.64 Å². The first-order valence-corrected chi connectivity index (χ1v) is 9.72. The van der Waals surface area contributed by atoms with Gasteiger partial charge in [-0.25, -0.2) is 3.11 Å². The Kier molecular flexibility index (Phi) is 8.19. The topological polar surface area (TPSA) is 15.7 Å². The maximum Gasteiger partial charge on any atom is 0.123 e. The van der Waals surface area contributed by atoms with E-state index >= 15 is 0 Å². The van der Waals surface area contributed by atoms with Gasteiger partial charge in [-0.1, -0.05) is 36.4 Å². The monoisotopic (exact) mass is 452 g/mol. The molecule has 3 nitrogen and oxygen atoms in total. The Morgan fingerprint density at radius 1 is 1.00 bits per heavy atom. The molecule has 0 bridgehead atoms. The molecule has 0 atom stereocenters. The molecular weight excluding hydrogens is 423 g/mol. The summed E-state index contributed by atoms with van der Waals surface area (Å²) >= 11 is 2.32. The molecule has 0 amide bonds. The van der Waals surface area contributed by atoms with Gasteiger partial charge in [-0.3, -0.25) is 0 Å². The van der Waals surface area contributed by atoms with Crippen LogP contribution in [0.25, 0.3) is 0 Å². The molecule has 0 saturated carbocycles. The van der Waals surface area contributed by atoms with Crippen LogP contribution < -0.4 is 4.74 Å². The minimum atomic E-state index is 0.758. The summed E-state index contributed by atoms with van der Waals surface area (Å²) in [6, 6.07) is 15.4. The van der Waals surface area contributed by atoms with Gasteiger partial charge in [0.1, 0.15) is 5.75 Å². The lowest BCUT2D eigenvalue weighted by molar-refractivity contribution is 0.279. The number of ether oxygens (including phenoxy) is 1. The van der Waals surface area contributed by atoms with Crippen molar-refractivity contribution in [1.82, 2.24) is 8.01 Å². The van der Waals surface area contributed by atoms with E-state index in [9.17, 15) is 0 Å². The van der Waals surface area contributed by atoms with Gasteiger partial charge in [0, 0.05) is 42.4 Å². The third-order valence-electron chi connectivity index (χ3n) is 4.02. The average molecular weight is 452 g/mol. The highest BCUT2D eigenvalue weighted by Crippen LogP contribution is 2.24. The summed E-state index contributed by atoms with van der Waals surface area (Å²) in [5, 5.41) is 0. The van der Waals surface area contributed by atoms with E-state index in [0.29, 0.717) is 0 Å². The third-order valence-corrected chi connectivity index (χ3v) is 4.36. The Labute approximate surface area is 166 Å². The first kappa shape index (κ1) is 20.2. The van der Waals surface area contributed by atoms with Crippen molar-refractivity contribution in [2.45, 2.75) is 26.3 Å². The van der Waals surface area contributed by atoms with Gasteiger partial charge in [0.15, 0.2) is 0 Å². The Morgan fingerprint density at radius 2 is 1.76 bits per heavy atom. The molecule has 0 N–H and O–H groups in total. The Bertz CT molecular complexity index is 671. The molecule has 0 spiro atoms. The fourth-order valence-corrected chi connectivity index (χ4v) is 3.21. The van der Waals surface area contributed by atoms with Crippen LogP contribution in [-0.2, 0) is 13.0 Å². The SMILES string of the molecule is Cc1ccc(Cc2cccc(CN(C)I)c2)c(OCCCN(C)C)c1. The van der Waals surface area contributed by atoms with Crippen LogP contribution in [-0.4, -0.2) is 42.3 Å². The normalized spacial score (nSPS) is 11.3. The lowest BCUT2D eigenvalue weighted by atomic mass is 10.0. The molecule has 0 heterocycles. The predicted octanol–water partition coefficient (Wildman–Crippen LogP) is 4.70. The molecule has 0 saturated heterocycles. The van der Waals surface area contributed by atoms with Crippen LogP contribution in [0, 0.1) is 6.92 Å². The molecule has 0 radical (unpaired) electrons. The molecular formula is C21H29IN2O. The minimum Gasteiger partial charge on any atom is -0.493 e. The molecule has 25 heavy (non-hydrogen) atoms. The van der Waals surface area contributed by atoms with Crippen molar-refractivity contribution < 1.29 is 4.74 Å². The molecule has 0 aromatic heterocycles. The van der Waals surface area contributed by atoms with Crippen LogP contribution in [0.2, 0.25) is 0 Å². The Balaban J connectivity index is 2.08. The summed E-state index contributed by atoms with van der Waals surface area (Å²) in [6.45, 7) is 4.88. The summed E-state index contributed by atoms with van der Waals surface area (Å²) < 4.78 is 8.27. The fourth-order valence-electron chi connectivity index (χ4n) is 2.81. The second kappa shape index (κ2) is 10.1. The highest BCUT2D eigenvalue weighted by Gasteiger charge is 2.07. The number of rotatable bonds is 9. The van der Waals surface area contributed by atoms with E-state index in [1.165, 1.54) is 22.3 Å². The largest absolute Gasteiger partial charge is 0.493 e. The van der Waals surface area contributed by atoms with E-state index < -0.39 is 0 Å². The molecule has 0 unspecified atom stereocenters. The van der Waals surface area contributed by atoms with Crippen LogP contribution in [0.3, 0.4) is 0 Å². The predicted molar refractivity (Wildman–Crippen MR) is 115 cm³/mol. The quantitative estimate of drug-likeness (QED) is 0.312. The van der Waals surface area contributed by atoms with Crippen molar-refractivity contribution in [3.63, 3.8) is 0 Å². The molecule has 2 rings (SSSR count). The first-order chi connectivity index (χ1) is 11.9.